The van der Waals surface area contributed by atoms with E-state index in [0.29, 0.717) is 27.8 Å². The summed E-state index contributed by atoms with van der Waals surface area (Å²) in [5, 5.41) is 14.9. The lowest BCUT2D eigenvalue weighted by atomic mass is 10.0. The van der Waals surface area contributed by atoms with Crippen molar-refractivity contribution in [3.8, 4) is 22.4 Å². The normalized spacial score (nSPS) is 14.1. The standard InChI is InChI=1S/C28H24F3N5.2C2HF3O2/c1-34-12-14-35(15-13-34)21-8-6-19(7-9-21)20-10-11-36-25(18-32-27(36)16-20)23-17-26(28(29,30)31)33-24-5-3-2-4-22(23)24;2*3-2(4,5)1(6)7/h2-11,16-18H,12-15H2,1H3;2*(H,6,7). The number of aliphatic carboxylic acids is 2. The highest BCUT2D eigenvalue weighted by Crippen LogP contribution is 2.36. The van der Waals surface area contributed by atoms with Crippen LogP contribution in [0, 0.1) is 0 Å². The molecule has 0 unspecified atom stereocenters. The smallest absolute Gasteiger partial charge is 0.475 e. The number of nitrogens with zero attached hydrogens (tertiary/aromatic N) is 5. The van der Waals surface area contributed by atoms with Gasteiger partial charge in [-0.3, -0.25) is 4.40 Å². The summed E-state index contributed by atoms with van der Waals surface area (Å²) in [6.45, 7) is 4.13. The van der Waals surface area contributed by atoms with Crippen molar-refractivity contribution >= 4 is 34.2 Å². The number of carbonyl (C=O) groups is 2. The molecule has 4 heterocycles. The monoisotopic (exact) mass is 715 g/mol. The molecule has 3 aromatic heterocycles. The topological polar surface area (TPSA) is 111 Å². The number of carboxylic acids is 2. The number of likely N-dealkylation sites (N-methyl/N-ethyl adjacent to an activating group) is 1. The molecule has 0 atom stereocenters. The van der Waals surface area contributed by atoms with Crippen LogP contribution in [-0.2, 0) is 15.8 Å². The Bertz CT molecular complexity index is 1940. The first-order valence-electron chi connectivity index (χ1n) is 14.3. The molecule has 0 amide bonds. The molecule has 1 fully saturated rings. The molecule has 6 rings (SSSR count). The first kappa shape index (κ1) is 37.4. The summed E-state index contributed by atoms with van der Waals surface area (Å²) >= 11 is 0. The van der Waals surface area contributed by atoms with Gasteiger partial charge in [0.1, 0.15) is 11.3 Å². The molecule has 50 heavy (non-hydrogen) atoms. The molecule has 0 bridgehead atoms. The summed E-state index contributed by atoms with van der Waals surface area (Å²) < 4.78 is 106. The SMILES string of the molecule is CN1CCN(c2ccc(-c3ccn4c(-c5cc(C(F)(F)F)nc6ccccc56)cnc4c3)cc2)CC1.O=C(O)C(F)(F)F.O=C(O)C(F)(F)F. The maximum Gasteiger partial charge on any atom is 0.490 e. The van der Waals surface area contributed by atoms with Gasteiger partial charge in [-0.2, -0.15) is 39.5 Å². The highest BCUT2D eigenvalue weighted by molar-refractivity contribution is 5.94. The van der Waals surface area contributed by atoms with Gasteiger partial charge in [-0.25, -0.2) is 19.6 Å². The number of alkyl halides is 9. The average Bonchev–Trinajstić information content (AvgIpc) is 3.47. The van der Waals surface area contributed by atoms with Crippen molar-refractivity contribution in [1.29, 1.82) is 0 Å². The summed E-state index contributed by atoms with van der Waals surface area (Å²) in [5.41, 5.74) is 4.36. The molecular weight excluding hydrogens is 689 g/mol. The maximum absolute atomic E-state index is 13.6. The van der Waals surface area contributed by atoms with Crippen LogP contribution in [0.15, 0.2) is 79.1 Å². The van der Waals surface area contributed by atoms with E-state index in [4.69, 9.17) is 19.8 Å². The average molecular weight is 716 g/mol. The molecular formula is C32H26F9N5O4. The minimum atomic E-state index is -5.08. The van der Waals surface area contributed by atoms with Crippen LogP contribution in [-0.4, -0.2) is 87.0 Å². The van der Waals surface area contributed by atoms with Crippen molar-refractivity contribution in [1.82, 2.24) is 19.3 Å². The second kappa shape index (κ2) is 14.6. The van der Waals surface area contributed by atoms with Crippen LogP contribution >= 0.6 is 0 Å². The number of carboxylic acid groups (broad SMARTS) is 2. The van der Waals surface area contributed by atoms with Crippen molar-refractivity contribution in [3.63, 3.8) is 0 Å². The Morgan fingerprint density at radius 3 is 1.84 bits per heavy atom. The van der Waals surface area contributed by atoms with Gasteiger partial charge in [0.05, 0.1) is 17.4 Å². The third kappa shape index (κ3) is 9.19. The van der Waals surface area contributed by atoms with E-state index in [9.17, 15) is 39.5 Å². The molecule has 1 aliphatic heterocycles. The number of fused-ring (bicyclic) bond motifs is 2. The lowest BCUT2D eigenvalue weighted by molar-refractivity contribution is -0.193. The minimum Gasteiger partial charge on any atom is -0.475 e. The van der Waals surface area contributed by atoms with Gasteiger partial charge in [-0.05, 0) is 54.6 Å². The lowest BCUT2D eigenvalue weighted by Gasteiger charge is -2.34. The molecule has 0 spiro atoms. The fraction of sp³-hybridized carbons (Fsp3) is 0.250. The van der Waals surface area contributed by atoms with Crippen LogP contribution in [0.25, 0.3) is 38.9 Å². The van der Waals surface area contributed by atoms with Crippen LogP contribution in [0.2, 0.25) is 0 Å². The highest BCUT2D eigenvalue weighted by Gasteiger charge is 2.39. The number of rotatable bonds is 3. The second-order valence-corrected chi connectivity index (χ2v) is 10.8. The molecule has 0 radical (unpaired) electrons. The van der Waals surface area contributed by atoms with E-state index in [2.05, 4.69) is 51.1 Å². The van der Waals surface area contributed by atoms with Crippen molar-refractivity contribution in [2.24, 2.45) is 0 Å². The lowest BCUT2D eigenvalue weighted by Crippen LogP contribution is -2.44. The largest absolute Gasteiger partial charge is 0.490 e. The fourth-order valence-electron chi connectivity index (χ4n) is 4.82. The number of halogens is 9. The van der Waals surface area contributed by atoms with Gasteiger partial charge in [-0.1, -0.05) is 30.3 Å². The summed E-state index contributed by atoms with van der Waals surface area (Å²) in [4.78, 5) is 30.9. The molecule has 18 heteroatoms. The van der Waals surface area contributed by atoms with E-state index >= 15 is 0 Å². The Kier molecular flexibility index (Phi) is 10.9. The number of pyridine rings is 2. The molecule has 9 nitrogen and oxygen atoms in total. The quantitative estimate of drug-likeness (QED) is 0.188. The first-order chi connectivity index (χ1) is 23.3. The zero-order valence-corrected chi connectivity index (χ0v) is 25.7. The zero-order valence-electron chi connectivity index (χ0n) is 25.7. The van der Waals surface area contributed by atoms with Crippen molar-refractivity contribution in [2.45, 2.75) is 18.5 Å². The van der Waals surface area contributed by atoms with Gasteiger partial charge < -0.3 is 20.0 Å². The first-order valence-corrected chi connectivity index (χ1v) is 14.3. The predicted octanol–water partition coefficient (Wildman–Crippen LogP) is 7.25. The molecule has 2 aromatic carbocycles. The maximum atomic E-state index is 13.6. The molecule has 1 saturated heterocycles. The predicted molar refractivity (Wildman–Crippen MR) is 163 cm³/mol. The Labute approximate surface area is 276 Å². The number of piperazine rings is 1. The van der Waals surface area contributed by atoms with Crippen molar-refractivity contribution in [3.05, 3.63) is 84.8 Å². The van der Waals surface area contributed by atoms with Crippen LogP contribution in [0.1, 0.15) is 5.69 Å². The van der Waals surface area contributed by atoms with E-state index in [1.54, 1.807) is 30.5 Å². The van der Waals surface area contributed by atoms with Crippen LogP contribution in [0.4, 0.5) is 45.2 Å². The van der Waals surface area contributed by atoms with Crippen molar-refractivity contribution < 1.29 is 59.3 Å². The number of imidazole rings is 1. The molecule has 5 aromatic rings. The van der Waals surface area contributed by atoms with Gasteiger partial charge >= 0.3 is 30.5 Å². The Balaban J connectivity index is 0.000000340. The number of aromatic nitrogens is 3. The van der Waals surface area contributed by atoms with Gasteiger partial charge in [0.2, 0.25) is 0 Å². The van der Waals surface area contributed by atoms with Gasteiger partial charge in [0.15, 0.2) is 0 Å². The Morgan fingerprint density at radius 1 is 0.740 bits per heavy atom. The second-order valence-electron chi connectivity index (χ2n) is 10.8. The zero-order chi connectivity index (χ0) is 37.0. The van der Waals surface area contributed by atoms with Crippen LogP contribution < -0.4 is 4.90 Å². The summed E-state index contributed by atoms with van der Waals surface area (Å²) in [6, 6.07) is 20.4. The summed E-state index contributed by atoms with van der Waals surface area (Å²) in [6.07, 6.45) is -11.2. The highest BCUT2D eigenvalue weighted by atomic mass is 19.4. The molecule has 0 aliphatic carbocycles. The number of para-hydroxylation sites is 1. The number of hydrogen-bond acceptors (Lipinski definition) is 6. The number of benzene rings is 2. The van der Waals surface area contributed by atoms with E-state index < -0.39 is 36.2 Å². The molecule has 266 valence electrons. The Morgan fingerprint density at radius 2 is 1.30 bits per heavy atom. The van der Waals surface area contributed by atoms with Crippen molar-refractivity contribution in [2.75, 3.05) is 38.1 Å². The number of anilines is 1. The van der Waals surface area contributed by atoms with E-state index in [1.807, 2.05) is 22.7 Å². The fourth-order valence-corrected chi connectivity index (χ4v) is 4.82. The van der Waals surface area contributed by atoms with E-state index in [-0.39, 0.29) is 0 Å². The van der Waals surface area contributed by atoms with E-state index in [0.717, 1.165) is 43.4 Å². The number of hydrogen-bond donors (Lipinski definition) is 2. The van der Waals surface area contributed by atoms with Crippen LogP contribution in [0.5, 0.6) is 0 Å². The third-order valence-electron chi connectivity index (χ3n) is 7.35. The molecule has 1 aliphatic rings. The summed E-state index contributed by atoms with van der Waals surface area (Å²) in [7, 11) is 2.14. The van der Waals surface area contributed by atoms with E-state index in [1.165, 1.54) is 5.69 Å². The van der Waals surface area contributed by atoms with Gasteiger partial charge in [0.25, 0.3) is 0 Å². The summed E-state index contributed by atoms with van der Waals surface area (Å²) in [5.74, 6) is -5.51. The molecule has 2 N–H and O–H groups in total. The minimum absolute atomic E-state index is 0.300. The van der Waals surface area contributed by atoms with Gasteiger partial charge in [-0.15, -0.1) is 0 Å². The third-order valence-corrected chi connectivity index (χ3v) is 7.35. The Hall–Kier alpha value is -5.39. The molecule has 0 saturated carbocycles. The van der Waals surface area contributed by atoms with Gasteiger partial charge in [0, 0.05) is 49.0 Å². The van der Waals surface area contributed by atoms with Crippen LogP contribution in [0.3, 0.4) is 0 Å².